The molecule has 2 aromatic heterocycles. The Hall–Kier alpha value is -3.38. The molecule has 0 saturated carbocycles. The molecular formula is C24H22ClN5O. The number of nitrogens with one attached hydrogen (secondary N) is 1. The number of halogens is 1. The fourth-order valence-electron chi connectivity index (χ4n) is 4.24. The Morgan fingerprint density at radius 3 is 2.81 bits per heavy atom. The second-order valence-corrected chi connectivity index (χ2v) is 8.16. The molecule has 156 valence electrons. The van der Waals surface area contributed by atoms with E-state index in [2.05, 4.69) is 21.4 Å². The lowest BCUT2D eigenvalue weighted by atomic mass is 9.96. The van der Waals surface area contributed by atoms with Gasteiger partial charge in [0.05, 0.1) is 11.2 Å². The van der Waals surface area contributed by atoms with Crippen LogP contribution in [0.4, 0.5) is 11.5 Å². The van der Waals surface area contributed by atoms with Gasteiger partial charge in [0.15, 0.2) is 0 Å². The molecule has 0 spiro atoms. The summed E-state index contributed by atoms with van der Waals surface area (Å²) in [6.07, 6.45) is 5.75. The summed E-state index contributed by atoms with van der Waals surface area (Å²) < 4.78 is 1.78. The highest BCUT2D eigenvalue weighted by Crippen LogP contribution is 2.41. The maximum atomic E-state index is 12.4. The van der Waals surface area contributed by atoms with Gasteiger partial charge in [0, 0.05) is 49.0 Å². The number of carbonyl (C=O) groups is 1. The van der Waals surface area contributed by atoms with Crippen molar-refractivity contribution in [3.05, 3.63) is 71.1 Å². The summed E-state index contributed by atoms with van der Waals surface area (Å²) in [6, 6.07) is 14.0. The average Bonchev–Trinajstić information content (AvgIpc) is 3.23. The van der Waals surface area contributed by atoms with Crippen LogP contribution in [-0.2, 0) is 13.5 Å². The van der Waals surface area contributed by atoms with E-state index in [9.17, 15) is 4.79 Å². The number of anilines is 2. The largest absolute Gasteiger partial charge is 0.354 e. The molecule has 1 aliphatic rings. The molecule has 0 unspecified atom stereocenters. The number of aryl methyl sites for hydroxylation is 2. The van der Waals surface area contributed by atoms with Crippen LogP contribution in [0.25, 0.3) is 21.9 Å². The van der Waals surface area contributed by atoms with E-state index in [1.165, 1.54) is 5.56 Å². The standard InChI is InChI=1S/C24H22ClN5O/c1-26-24(31)21-11-15-6-3-4-8-18(15)23(28-21)30-9-5-7-16-10-19(20(25)12-22(16)30)17-13-27-29(2)14-17/h3-4,6,8,10-14H,5,7,9H2,1-2H3,(H,26,31). The highest BCUT2D eigenvalue weighted by Gasteiger charge is 2.24. The minimum absolute atomic E-state index is 0.200. The van der Waals surface area contributed by atoms with E-state index in [1.807, 2.05) is 55.8 Å². The molecule has 31 heavy (non-hydrogen) atoms. The van der Waals surface area contributed by atoms with Crippen LogP contribution in [0, 0.1) is 0 Å². The molecule has 0 fully saturated rings. The third-order valence-electron chi connectivity index (χ3n) is 5.74. The SMILES string of the molecule is CNC(=O)c1cc2ccccc2c(N2CCCc3cc(-c4cnn(C)c4)c(Cl)cc32)n1. The van der Waals surface area contributed by atoms with Crippen LogP contribution >= 0.6 is 11.6 Å². The predicted octanol–water partition coefficient (Wildman–Crippen LogP) is 4.73. The van der Waals surface area contributed by atoms with Crippen LogP contribution < -0.4 is 10.2 Å². The van der Waals surface area contributed by atoms with E-state index in [0.717, 1.165) is 52.8 Å². The van der Waals surface area contributed by atoms with Gasteiger partial charge in [0.25, 0.3) is 5.91 Å². The number of pyridine rings is 1. The molecule has 0 saturated heterocycles. The molecule has 6 nitrogen and oxygen atoms in total. The summed E-state index contributed by atoms with van der Waals surface area (Å²) in [6.45, 7) is 0.809. The molecule has 5 rings (SSSR count). The lowest BCUT2D eigenvalue weighted by Crippen LogP contribution is -2.27. The fraction of sp³-hybridized carbons (Fsp3) is 0.208. The van der Waals surface area contributed by atoms with E-state index in [0.29, 0.717) is 10.7 Å². The molecule has 7 heteroatoms. The zero-order valence-corrected chi connectivity index (χ0v) is 18.1. The lowest BCUT2D eigenvalue weighted by Gasteiger charge is -2.32. The third kappa shape index (κ3) is 3.43. The van der Waals surface area contributed by atoms with Crippen molar-refractivity contribution >= 4 is 39.8 Å². The number of hydrogen-bond acceptors (Lipinski definition) is 4. The average molecular weight is 432 g/mol. The number of nitrogens with zero attached hydrogens (tertiary/aromatic N) is 4. The summed E-state index contributed by atoms with van der Waals surface area (Å²) in [7, 11) is 3.52. The van der Waals surface area contributed by atoms with E-state index < -0.39 is 0 Å². The highest BCUT2D eigenvalue weighted by molar-refractivity contribution is 6.33. The second kappa shape index (κ2) is 7.71. The monoisotopic (exact) mass is 431 g/mol. The van der Waals surface area contributed by atoms with Gasteiger partial charge in [0.2, 0.25) is 0 Å². The first-order chi connectivity index (χ1) is 15.0. The van der Waals surface area contributed by atoms with Gasteiger partial charge in [-0.2, -0.15) is 5.10 Å². The minimum atomic E-state index is -0.200. The number of carbonyl (C=O) groups excluding carboxylic acids is 1. The number of rotatable bonds is 3. The van der Waals surface area contributed by atoms with Gasteiger partial charge in [-0.3, -0.25) is 9.48 Å². The Morgan fingerprint density at radius 2 is 2.03 bits per heavy atom. The normalized spacial score (nSPS) is 13.3. The van der Waals surface area contributed by atoms with Gasteiger partial charge in [0.1, 0.15) is 11.5 Å². The highest BCUT2D eigenvalue weighted by atomic mass is 35.5. The number of hydrogen-bond donors (Lipinski definition) is 1. The van der Waals surface area contributed by atoms with Crippen LogP contribution in [-0.4, -0.2) is 34.3 Å². The van der Waals surface area contributed by atoms with Gasteiger partial charge in [-0.1, -0.05) is 35.9 Å². The molecule has 4 aromatic rings. The molecule has 0 bridgehead atoms. The number of aromatic nitrogens is 3. The van der Waals surface area contributed by atoms with Crippen molar-refractivity contribution in [3.63, 3.8) is 0 Å². The van der Waals surface area contributed by atoms with Crippen LogP contribution in [0.1, 0.15) is 22.5 Å². The van der Waals surface area contributed by atoms with Crippen molar-refractivity contribution in [2.45, 2.75) is 12.8 Å². The van der Waals surface area contributed by atoms with Crippen molar-refractivity contribution in [2.75, 3.05) is 18.5 Å². The first-order valence-electron chi connectivity index (χ1n) is 10.3. The quantitative estimate of drug-likeness (QED) is 0.509. The van der Waals surface area contributed by atoms with Crippen molar-refractivity contribution < 1.29 is 4.79 Å². The second-order valence-electron chi connectivity index (χ2n) is 7.75. The number of amides is 1. The molecule has 2 aromatic carbocycles. The Bertz CT molecular complexity index is 1310. The van der Waals surface area contributed by atoms with E-state index >= 15 is 0 Å². The minimum Gasteiger partial charge on any atom is -0.354 e. The van der Waals surface area contributed by atoms with Gasteiger partial charge in [-0.05, 0) is 42.0 Å². The molecule has 3 heterocycles. The molecular weight excluding hydrogens is 410 g/mol. The number of fused-ring (bicyclic) bond motifs is 2. The maximum absolute atomic E-state index is 12.4. The van der Waals surface area contributed by atoms with E-state index in [4.69, 9.17) is 16.6 Å². The van der Waals surface area contributed by atoms with Crippen molar-refractivity contribution in [1.29, 1.82) is 0 Å². The summed E-state index contributed by atoms with van der Waals surface area (Å²) in [5, 5.41) is 9.62. The molecule has 1 amide bonds. The lowest BCUT2D eigenvalue weighted by molar-refractivity contribution is 0.0958. The van der Waals surface area contributed by atoms with Crippen molar-refractivity contribution in [3.8, 4) is 11.1 Å². The topological polar surface area (TPSA) is 63.1 Å². The summed E-state index contributed by atoms with van der Waals surface area (Å²) in [5.41, 5.74) is 4.63. The van der Waals surface area contributed by atoms with E-state index in [1.54, 1.807) is 11.7 Å². The first-order valence-corrected chi connectivity index (χ1v) is 10.6. The van der Waals surface area contributed by atoms with Gasteiger partial charge in [-0.15, -0.1) is 0 Å². The maximum Gasteiger partial charge on any atom is 0.269 e. The Labute approximate surface area is 185 Å². The molecule has 1 N–H and O–H groups in total. The Balaban J connectivity index is 1.68. The van der Waals surface area contributed by atoms with Crippen molar-refractivity contribution in [2.24, 2.45) is 7.05 Å². The fourth-order valence-corrected chi connectivity index (χ4v) is 4.51. The number of benzene rings is 2. The van der Waals surface area contributed by atoms with E-state index in [-0.39, 0.29) is 5.91 Å². The zero-order valence-electron chi connectivity index (χ0n) is 17.4. The summed E-state index contributed by atoms with van der Waals surface area (Å²) in [4.78, 5) is 19.3. The molecule has 0 radical (unpaired) electrons. The predicted molar refractivity (Wildman–Crippen MR) is 124 cm³/mol. The summed E-state index contributed by atoms with van der Waals surface area (Å²) >= 11 is 6.73. The van der Waals surface area contributed by atoms with Gasteiger partial charge < -0.3 is 10.2 Å². The first kappa shape index (κ1) is 19.6. The van der Waals surface area contributed by atoms with Crippen molar-refractivity contribution in [1.82, 2.24) is 20.1 Å². The summed E-state index contributed by atoms with van der Waals surface area (Å²) in [5.74, 6) is 0.581. The van der Waals surface area contributed by atoms with Gasteiger partial charge in [-0.25, -0.2) is 4.98 Å². The zero-order chi connectivity index (χ0) is 21.5. The van der Waals surface area contributed by atoms with Crippen LogP contribution in [0.3, 0.4) is 0 Å². The third-order valence-corrected chi connectivity index (χ3v) is 6.05. The smallest absolute Gasteiger partial charge is 0.269 e. The Kier molecular flexibility index (Phi) is 4.87. The molecule has 0 atom stereocenters. The molecule has 1 aliphatic heterocycles. The van der Waals surface area contributed by atoms with Crippen LogP contribution in [0.2, 0.25) is 5.02 Å². The van der Waals surface area contributed by atoms with Crippen LogP contribution in [0.5, 0.6) is 0 Å². The molecule has 0 aliphatic carbocycles. The van der Waals surface area contributed by atoms with Gasteiger partial charge >= 0.3 is 0 Å². The van der Waals surface area contributed by atoms with Crippen LogP contribution in [0.15, 0.2) is 54.9 Å². The Morgan fingerprint density at radius 1 is 1.19 bits per heavy atom.